The van der Waals surface area contributed by atoms with Crippen molar-refractivity contribution in [2.24, 2.45) is 0 Å². The standard InChI is InChI=1S/C34H31N3O5/c1-5-30(33(38)35-25-13-6-21(2)7-14-25)42-34(39)24-12-19-28-29(20-24)37-32(23-10-17-27(41-4)18-11-23)31(36-28)22-8-15-26(40-3)16-9-22/h6-20,30H,5H2,1-4H3,(H,35,38). The zero-order chi connectivity index (χ0) is 29.6. The van der Waals surface area contributed by atoms with Crippen molar-refractivity contribution in [2.45, 2.75) is 26.4 Å². The average Bonchev–Trinajstić information content (AvgIpc) is 3.03. The lowest BCUT2D eigenvalue weighted by molar-refractivity contribution is -0.124. The zero-order valence-corrected chi connectivity index (χ0v) is 23.9. The van der Waals surface area contributed by atoms with Crippen LogP contribution in [0.1, 0.15) is 29.3 Å². The number of ether oxygens (including phenoxy) is 3. The molecule has 212 valence electrons. The van der Waals surface area contributed by atoms with Crippen LogP contribution in [0, 0.1) is 6.92 Å². The number of esters is 1. The number of carbonyl (C=O) groups excluding carboxylic acids is 2. The van der Waals surface area contributed by atoms with E-state index in [9.17, 15) is 9.59 Å². The summed E-state index contributed by atoms with van der Waals surface area (Å²) in [7, 11) is 3.23. The fraction of sp³-hybridized carbons (Fsp3) is 0.176. The number of nitrogens with one attached hydrogen (secondary N) is 1. The molecule has 0 radical (unpaired) electrons. The molecule has 1 N–H and O–H groups in total. The van der Waals surface area contributed by atoms with Crippen LogP contribution in [-0.2, 0) is 9.53 Å². The van der Waals surface area contributed by atoms with Gasteiger partial charge in [-0.25, -0.2) is 14.8 Å². The molecule has 5 rings (SSSR count). The van der Waals surface area contributed by atoms with Crippen LogP contribution in [0.5, 0.6) is 11.5 Å². The van der Waals surface area contributed by atoms with Crippen LogP contribution >= 0.6 is 0 Å². The van der Waals surface area contributed by atoms with Crippen LogP contribution in [0.2, 0.25) is 0 Å². The van der Waals surface area contributed by atoms with Gasteiger partial charge in [-0.05, 0) is 92.2 Å². The molecular weight excluding hydrogens is 530 g/mol. The maximum absolute atomic E-state index is 13.2. The normalized spacial score (nSPS) is 11.5. The molecule has 0 saturated carbocycles. The number of aromatic nitrogens is 2. The van der Waals surface area contributed by atoms with Crippen molar-refractivity contribution < 1.29 is 23.8 Å². The van der Waals surface area contributed by atoms with Gasteiger partial charge in [0, 0.05) is 16.8 Å². The van der Waals surface area contributed by atoms with Crippen molar-refractivity contribution in [3.05, 3.63) is 102 Å². The highest BCUT2D eigenvalue weighted by molar-refractivity contribution is 5.99. The third-order valence-corrected chi connectivity index (χ3v) is 6.86. The Morgan fingerprint density at radius 1 is 0.738 bits per heavy atom. The monoisotopic (exact) mass is 561 g/mol. The minimum Gasteiger partial charge on any atom is -0.497 e. The minimum atomic E-state index is -0.951. The molecule has 1 aromatic heterocycles. The molecule has 8 heteroatoms. The summed E-state index contributed by atoms with van der Waals surface area (Å²) in [5.74, 6) is 0.455. The molecule has 0 saturated heterocycles. The van der Waals surface area contributed by atoms with Crippen LogP contribution < -0.4 is 14.8 Å². The van der Waals surface area contributed by atoms with Crippen LogP contribution in [0.25, 0.3) is 33.5 Å². The second kappa shape index (κ2) is 12.5. The van der Waals surface area contributed by atoms with Gasteiger partial charge < -0.3 is 19.5 Å². The maximum Gasteiger partial charge on any atom is 0.338 e. The van der Waals surface area contributed by atoms with E-state index in [4.69, 9.17) is 24.2 Å². The summed E-state index contributed by atoms with van der Waals surface area (Å²) in [5.41, 5.74) is 6.15. The maximum atomic E-state index is 13.2. The lowest BCUT2D eigenvalue weighted by Gasteiger charge is -2.16. The van der Waals surface area contributed by atoms with Crippen LogP contribution in [0.3, 0.4) is 0 Å². The molecule has 5 aromatic rings. The van der Waals surface area contributed by atoms with Gasteiger partial charge in [-0.15, -0.1) is 0 Å². The van der Waals surface area contributed by atoms with Gasteiger partial charge in [0.2, 0.25) is 0 Å². The first-order chi connectivity index (χ1) is 20.4. The number of amides is 1. The highest BCUT2D eigenvalue weighted by Gasteiger charge is 2.23. The highest BCUT2D eigenvalue weighted by Crippen LogP contribution is 2.33. The molecular formula is C34H31N3O5. The number of hydrogen-bond acceptors (Lipinski definition) is 7. The molecule has 0 bridgehead atoms. The molecule has 0 fully saturated rings. The Hall–Kier alpha value is -5.24. The number of carbonyl (C=O) groups is 2. The predicted octanol–water partition coefficient (Wildman–Crippen LogP) is 6.86. The lowest BCUT2D eigenvalue weighted by atomic mass is 10.0. The Bertz CT molecular complexity index is 1720. The molecule has 1 unspecified atom stereocenters. The molecule has 0 spiro atoms. The van der Waals surface area contributed by atoms with E-state index < -0.39 is 12.1 Å². The molecule has 8 nitrogen and oxygen atoms in total. The number of hydrogen-bond donors (Lipinski definition) is 1. The summed E-state index contributed by atoms with van der Waals surface area (Å²) in [6.07, 6.45) is -0.628. The van der Waals surface area contributed by atoms with E-state index in [-0.39, 0.29) is 11.5 Å². The van der Waals surface area contributed by atoms with Crippen molar-refractivity contribution in [2.75, 3.05) is 19.5 Å². The Morgan fingerprint density at radius 2 is 1.29 bits per heavy atom. The zero-order valence-electron chi connectivity index (χ0n) is 23.9. The third kappa shape index (κ3) is 6.23. The van der Waals surface area contributed by atoms with E-state index >= 15 is 0 Å². The van der Waals surface area contributed by atoms with Crippen LogP contribution in [-0.4, -0.2) is 42.2 Å². The van der Waals surface area contributed by atoms with E-state index in [1.807, 2.05) is 79.7 Å². The largest absolute Gasteiger partial charge is 0.497 e. The van der Waals surface area contributed by atoms with E-state index in [0.717, 1.165) is 28.2 Å². The molecule has 0 aliphatic heterocycles. The van der Waals surface area contributed by atoms with Gasteiger partial charge >= 0.3 is 5.97 Å². The lowest BCUT2D eigenvalue weighted by Crippen LogP contribution is -2.32. The molecule has 0 aliphatic rings. The minimum absolute atomic E-state index is 0.274. The molecule has 1 atom stereocenters. The van der Waals surface area contributed by atoms with Gasteiger partial charge in [-0.2, -0.15) is 0 Å². The number of anilines is 1. The first-order valence-corrected chi connectivity index (χ1v) is 13.6. The second-order valence-electron chi connectivity index (χ2n) is 9.74. The van der Waals surface area contributed by atoms with Crippen LogP contribution in [0.15, 0.2) is 91.0 Å². The summed E-state index contributed by atoms with van der Waals surface area (Å²) < 4.78 is 16.3. The summed E-state index contributed by atoms with van der Waals surface area (Å²) in [6.45, 7) is 3.76. The van der Waals surface area contributed by atoms with E-state index in [0.29, 0.717) is 34.5 Å². The van der Waals surface area contributed by atoms with Gasteiger partial charge in [0.1, 0.15) is 11.5 Å². The topological polar surface area (TPSA) is 99.6 Å². The van der Waals surface area contributed by atoms with Gasteiger partial charge in [-0.1, -0.05) is 24.6 Å². The van der Waals surface area contributed by atoms with Crippen molar-refractivity contribution in [3.8, 4) is 34.0 Å². The number of fused-ring (bicyclic) bond motifs is 1. The van der Waals surface area contributed by atoms with Crippen molar-refractivity contribution in [1.82, 2.24) is 9.97 Å². The summed E-state index contributed by atoms with van der Waals surface area (Å²) in [6, 6.07) is 27.6. The first kappa shape index (κ1) is 28.3. The third-order valence-electron chi connectivity index (χ3n) is 6.86. The van der Waals surface area contributed by atoms with Gasteiger partial charge in [-0.3, -0.25) is 4.79 Å². The van der Waals surface area contributed by atoms with Crippen molar-refractivity contribution >= 4 is 28.6 Å². The van der Waals surface area contributed by atoms with Gasteiger partial charge in [0.05, 0.1) is 42.2 Å². The Balaban J connectivity index is 1.46. The summed E-state index contributed by atoms with van der Waals surface area (Å²) in [5, 5.41) is 2.81. The average molecular weight is 562 g/mol. The Morgan fingerprint density at radius 3 is 1.81 bits per heavy atom. The quantitative estimate of drug-likeness (QED) is 0.196. The van der Waals surface area contributed by atoms with Gasteiger partial charge in [0.25, 0.3) is 5.91 Å². The summed E-state index contributed by atoms with van der Waals surface area (Å²) >= 11 is 0. The number of methoxy groups -OCH3 is 2. The summed E-state index contributed by atoms with van der Waals surface area (Å²) in [4.78, 5) is 35.9. The molecule has 1 amide bonds. The number of benzene rings is 4. The van der Waals surface area contributed by atoms with Crippen molar-refractivity contribution in [1.29, 1.82) is 0 Å². The first-order valence-electron chi connectivity index (χ1n) is 13.6. The molecule has 4 aromatic carbocycles. The Labute approximate surface area is 244 Å². The SMILES string of the molecule is CCC(OC(=O)c1ccc2nc(-c3ccc(OC)cc3)c(-c3ccc(OC)cc3)nc2c1)C(=O)Nc1ccc(C)cc1. The van der Waals surface area contributed by atoms with Crippen LogP contribution in [0.4, 0.5) is 5.69 Å². The molecule has 1 heterocycles. The van der Waals surface area contributed by atoms with Gasteiger partial charge in [0.15, 0.2) is 6.10 Å². The molecule has 42 heavy (non-hydrogen) atoms. The fourth-order valence-electron chi connectivity index (χ4n) is 4.46. The number of aryl methyl sites for hydroxylation is 1. The van der Waals surface area contributed by atoms with Crippen molar-refractivity contribution in [3.63, 3.8) is 0 Å². The Kier molecular flexibility index (Phi) is 8.43. The number of rotatable bonds is 9. The number of nitrogens with zero attached hydrogens (tertiary/aromatic N) is 2. The smallest absolute Gasteiger partial charge is 0.338 e. The second-order valence-corrected chi connectivity index (χ2v) is 9.74. The van der Waals surface area contributed by atoms with E-state index in [1.54, 1.807) is 39.3 Å². The fourth-order valence-corrected chi connectivity index (χ4v) is 4.46. The van der Waals surface area contributed by atoms with E-state index in [1.165, 1.54) is 0 Å². The highest BCUT2D eigenvalue weighted by atomic mass is 16.5. The van der Waals surface area contributed by atoms with E-state index in [2.05, 4.69) is 5.32 Å². The molecule has 0 aliphatic carbocycles. The predicted molar refractivity (Wildman–Crippen MR) is 163 cm³/mol.